The molecular formula is C24H22N2O4. The quantitative estimate of drug-likeness (QED) is 0.497. The number of rotatable bonds is 2. The van der Waals surface area contributed by atoms with Gasteiger partial charge in [0.25, 0.3) is 0 Å². The molecule has 1 aliphatic rings. The third-order valence-corrected chi connectivity index (χ3v) is 6.18. The first-order valence-corrected chi connectivity index (χ1v) is 9.97. The molecule has 0 aliphatic heterocycles. The third kappa shape index (κ3) is 2.71. The van der Waals surface area contributed by atoms with Gasteiger partial charge in [-0.2, -0.15) is 0 Å². The fourth-order valence-corrected chi connectivity index (χ4v) is 4.78. The Morgan fingerprint density at radius 2 is 1.13 bits per heavy atom. The van der Waals surface area contributed by atoms with Crippen molar-refractivity contribution in [3.63, 3.8) is 0 Å². The zero-order valence-electron chi connectivity index (χ0n) is 16.8. The Kier molecular flexibility index (Phi) is 4.35. The number of aromatic nitrogens is 2. The number of fused-ring (bicyclic) bond motifs is 6. The predicted octanol–water partition coefficient (Wildman–Crippen LogP) is 3.96. The minimum atomic E-state index is -0.492. The molecule has 0 saturated heterocycles. The van der Waals surface area contributed by atoms with Gasteiger partial charge in [-0.3, -0.25) is 9.59 Å². The van der Waals surface area contributed by atoms with Crippen molar-refractivity contribution >= 4 is 33.7 Å². The van der Waals surface area contributed by atoms with Crippen LogP contribution in [0.2, 0.25) is 0 Å². The molecule has 4 aromatic rings. The van der Waals surface area contributed by atoms with E-state index in [2.05, 4.69) is 9.97 Å². The summed E-state index contributed by atoms with van der Waals surface area (Å²) in [4.78, 5) is 32.6. The second-order valence-corrected chi connectivity index (χ2v) is 7.69. The first kappa shape index (κ1) is 18.5. The Balaban J connectivity index is 1.80. The molecule has 2 N–H and O–H groups in total. The number of methoxy groups -OCH3 is 2. The van der Waals surface area contributed by atoms with Crippen LogP contribution >= 0.6 is 0 Å². The highest BCUT2D eigenvalue weighted by atomic mass is 16.5. The summed E-state index contributed by atoms with van der Waals surface area (Å²) in [6.07, 6.45) is 0.860. The average molecular weight is 402 g/mol. The van der Waals surface area contributed by atoms with Crippen molar-refractivity contribution in [1.82, 2.24) is 9.97 Å². The summed E-state index contributed by atoms with van der Waals surface area (Å²) >= 11 is 0. The molecule has 0 bridgehead atoms. The van der Waals surface area contributed by atoms with Gasteiger partial charge >= 0.3 is 11.9 Å². The topological polar surface area (TPSA) is 84.2 Å². The standard InChI is InChI=1S/C24H22N2O4/c1-29-23(27)17-11-15-13-7-3-6-10-20(13)26-22(15)18(24(28)30-2)12-16-14-8-4-5-9-19(14)25-21(16)17/h3-10,17-18,25-26H,11-12H2,1-2H3. The van der Waals surface area contributed by atoms with E-state index in [4.69, 9.17) is 9.47 Å². The van der Waals surface area contributed by atoms with Gasteiger partial charge in [-0.1, -0.05) is 36.4 Å². The van der Waals surface area contributed by atoms with E-state index in [1.807, 2.05) is 48.5 Å². The molecular weight excluding hydrogens is 380 g/mol. The molecule has 2 aromatic carbocycles. The second kappa shape index (κ2) is 7.06. The highest BCUT2D eigenvalue weighted by Gasteiger charge is 2.37. The number of ether oxygens (including phenoxy) is 2. The molecule has 1 aliphatic carbocycles. The van der Waals surface area contributed by atoms with E-state index in [1.54, 1.807) is 0 Å². The highest BCUT2D eigenvalue weighted by Crippen LogP contribution is 2.41. The molecule has 2 unspecified atom stereocenters. The van der Waals surface area contributed by atoms with Crippen LogP contribution in [0.1, 0.15) is 34.4 Å². The number of para-hydroxylation sites is 2. The number of carbonyl (C=O) groups excluding carboxylic acids is 2. The number of H-pyrrole nitrogens is 2. The van der Waals surface area contributed by atoms with E-state index < -0.39 is 11.8 Å². The van der Waals surface area contributed by atoms with Crippen molar-refractivity contribution in [3.8, 4) is 0 Å². The molecule has 0 fully saturated rings. The summed E-state index contributed by atoms with van der Waals surface area (Å²) < 4.78 is 10.4. The summed E-state index contributed by atoms with van der Waals surface area (Å²) in [6, 6.07) is 15.8. The first-order chi connectivity index (χ1) is 14.6. The van der Waals surface area contributed by atoms with Gasteiger partial charge in [0.2, 0.25) is 0 Å². The molecule has 0 radical (unpaired) electrons. The molecule has 2 aromatic heterocycles. The third-order valence-electron chi connectivity index (χ3n) is 6.18. The summed E-state index contributed by atoms with van der Waals surface area (Å²) in [5.41, 5.74) is 5.42. The minimum absolute atomic E-state index is 0.296. The van der Waals surface area contributed by atoms with E-state index in [0.29, 0.717) is 12.8 Å². The number of hydrogen-bond acceptors (Lipinski definition) is 4. The van der Waals surface area contributed by atoms with Crippen molar-refractivity contribution in [2.75, 3.05) is 14.2 Å². The number of hydrogen-bond donors (Lipinski definition) is 2. The van der Waals surface area contributed by atoms with E-state index in [1.165, 1.54) is 14.2 Å². The molecule has 0 spiro atoms. The molecule has 152 valence electrons. The Morgan fingerprint density at radius 3 is 1.53 bits per heavy atom. The molecule has 30 heavy (non-hydrogen) atoms. The van der Waals surface area contributed by atoms with Gasteiger partial charge in [-0.25, -0.2) is 0 Å². The minimum Gasteiger partial charge on any atom is -0.468 e. The van der Waals surface area contributed by atoms with Crippen LogP contribution in [0, 0.1) is 0 Å². The van der Waals surface area contributed by atoms with Crippen LogP contribution in [0.25, 0.3) is 21.8 Å². The monoisotopic (exact) mass is 402 g/mol. The maximum absolute atomic E-state index is 12.9. The Labute approximate surface area is 173 Å². The van der Waals surface area contributed by atoms with Gasteiger partial charge in [0.1, 0.15) is 11.8 Å². The van der Waals surface area contributed by atoms with Crippen molar-refractivity contribution in [2.24, 2.45) is 0 Å². The summed E-state index contributed by atoms with van der Waals surface area (Å²) in [5.74, 6) is -1.57. The van der Waals surface area contributed by atoms with Crippen LogP contribution in [-0.2, 0) is 31.9 Å². The lowest BCUT2D eigenvalue weighted by Crippen LogP contribution is -2.25. The molecule has 6 heteroatoms. The summed E-state index contributed by atoms with van der Waals surface area (Å²) in [7, 11) is 2.83. The van der Waals surface area contributed by atoms with Gasteiger partial charge in [-0.05, 0) is 36.1 Å². The van der Waals surface area contributed by atoms with Gasteiger partial charge in [0.15, 0.2) is 0 Å². The largest absolute Gasteiger partial charge is 0.468 e. The van der Waals surface area contributed by atoms with E-state index in [-0.39, 0.29) is 11.9 Å². The lowest BCUT2D eigenvalue weighted by atomic mass is 9.82. The lowest BCUT2D eigenvalue weighted by molar-refractivity contribution is -0.142. The van der Waals surface area contributed by atoms with Gasteiger partial charge in [0, 0.05) is 33.2 Å². The first-order valence-electron chi connectivity index (χ1n) is 9.97. The van der Waals surface area contributed by atoms with E-state index in [0.717, 1.165) is 44.3 Å². The van der Waals surface area contributed by atoms with Crippen LogP contribution in [0.5, 0.6) is 0 Å². The summed E-state index contributed by atoms with van der Waals surface area (Å²) in [6.45, 7) is 0. The van der Waals surface area contributed by atoms with Crippen LogP contribution in [0.4, 0.5) is 0 Å². The van der Waals surface area contributed by atoms with Gasteiger partial charge in [-0.15, -0.1) is 0 Å². The van der Waals surface area contributed by atoms with Crippen molar-refractivity contribution in [1.29, 1.82) is 0 Å². The fraction of sp³-hybridized carbons (Fsp3) is 0.250. The van der Waals surface area contributed by atoms with Crippen LogP contribution < -0.4 is 0 Å². The molecule has 5 rings (SSSR count). The van der Waals surface area contributed by atoms with Crippen molar-refractivity contribution < 1.29 is 19.1 Å². The van der Waals surface area contributed by atoms with Crippen LogP contribution in [0.15, 0.2) is 48.5 Å². The number of benzene rings is 2. The fourth-order valence-electron chi connectivity index (χ4n) is 4.78. The van der Waals surface area contributed by atoms with Crippen molar-refractivity contribution in [2.45, 2.75) is 24.7 Å². The molecule has 6 nitrogen and oxygen atoms in total. The zero-order chi connectivity index (χ0) is 20.8. The molecule has 0 amide bonds. The number of aromatic amines is 2. The maximum Gasteiger partial charge on any atom is 0.315 e. The van der Waals surface area contributed by atoms with E-state index >= 15 is 0 Å². The second-order valence-electron chi connectivity index (χ2n) is 7.69. The molecule has 2 atom stereocenters. The smallest absolute Gasteiger partial charge is 0.315 e. The van der Waals surface area contributed by atoms with Gasteiger partial charge in [0.05, 0.1) is 14.2 Å². The number of nitrogens with one attached hydrogen (secondary N) is 2. The maximum atomic E-state index is 12.9. The highest BCUT2D eigenvalue weighted by molar-refractivity contribution is 5.93. The summed E-state index contributed by atoms with van der Waals surface area (Å²) in [5, 5.41) is 2.02. The van der Waals surface area contributed by atoms with Crippen molar-refractivity contribution in [3.05, 3.63) is 71.0 Å². The molecule has 2 heterocycles. The van der Waals surface area contributed by atoms with Crippen LogP contribution in [0.3, 0.4) is 0 Å². The predicted molar refractivity (Wildman–Crippen MR) is 114 cm³/mol. The Morgan fingerprint density at radius 1 is 0.733 bits per heavy atom. The molecule has 0 saturated carbocycles. The number of carbonyl (C=O) groups is 2. The van der Waals surface area contributed by atoms with E-state index in [9.17, 15) is 9.59 Å². The zero-order valence-corrected chi connectivity index (χ0v) is 16.8. The average Bonchev–Trinajstić information content (AvgIpc) is 3.31. The van der Waals surface area contributed by atoms with Crippen LogP contribution in [-0.4, -0.2) is 36.1 Å². The Bertz CT molecular complexity index is 1180. The SMILES string of the molecule is COC(=O)C1Cc2c([nH]c3ccccc23)C(C(=O)OC)Cc2c1[nH]c1ccccc21. The van der Waals surface area contributed by atoms with Gasteiger partial charge < -0.3 is 19.4 Å². The number of esters is 2. The normalized spacial score (nSPS) is 18.3. The lowest BCUT2D eigenvalue weighted by Gasteiger charge is -2.23. The Hall–Kier alpha value is -3.54.